The van der Waals surface area contributed by atoms with E-state index in [1.807, 2.05) is 49.5 Å². The molecule has 1 atom stereocenters. The highest BCUT2D eigenvalue weighted by atomic mass is 32.1. The molecule has 0 saturated carbocycles. The molecule has 0 bridgehead atoms. The van der Waals surface area contributed by atoms with E-state index in [-0.39, 0.29) is 6.10 Å². The van der Waals surface area contributed by atoms with Crippen LogP contribution in [0, 0.1) is 0 Å². The number of fused-ring (bicyclic) bond motifs is 1. The first-order valence-corrected chi connectivity index (χ1v) is 8.31. The van der Waals surface area contributed by atoms with Crippen molar-refractivity contribution >= 4 is 23.4 Å². The van der Waals surface area contributed by atoms with Crippen molar-refractivity contribution in [2.75, 3.05) is 13.6 Å². The van der Waals surface area contributed by atoms with Gasteiger partial charge in [0.1, 0.15) is 11.9 Å². The van der Waals surface area contributed by atoms with Gasteiger partial charge in [0.15, 0.2) is 0 Å². The highest BCUT2D eigenvalue weighted by molar-refractivity contribution is 7.80. The monoisotopic (exact) mass is 323 g/mol. The molecule has 0 spiro atoms. The third kappa shape index (κ3) is 3.69. The Labute approximate surface area is 142 Å². The van der Waals surface area contributed by atoms with Crippen LogP contribution in [-0.4, -0.2) is 13.6 Å². The lowest BCUT2D eigenvalue weighted by molar-refractivity contribution is 0.195. The minimum absolute atomic E-state index is 0.0260. The molecule has 0 amide bonds. The van der Waals surface area contributed by atoms with E-state index in [4.69, 9.17) is 4.74 Å². The van der Waals surface area contributed by atoms with Gasteiger partial charge in [0, 0.05) is 22.3 Å². The summed E-state index contributed by atoms with van der Waals surface area (Å²) in [6.07, 6.45) is 0.860. The van der Waals surface area contributed by atoms with Gasteiger partial charge in [0.05, 0.1) is 0 Å². The molecule has 0 aromatic heterocycles. The maximum Gasteiger partial charge on any atom is 0.128 e. The second kappa shape index (κ2) is 7.53. The van der Waals surface area contributed by atoms with E-state index in [1.165, 1.54) is 5.39 Å². The fraction of sp³-hybridized carbons (Fsp3) is 0.200. The number of hydrogen-bond acceptors (Lipinski definition) is 3. The maximum absolute atomic E-state index is 6.41. The van der Waals surface area contributed by atoms with Gasteiger partial charge >= 0.3 is 0 Å². The van der Waals surface area contributed by atoms with Gasteiger partial charge in [0.25, 0.3) is 0 Å². The Morgan fingerprint density at radius 3 is 2.52 bits per heavy atom. The minimum atomic E-state index is -0.0260. The summed E-state index contributed by atoms with van der Waals surface area (Å²) in [6, 6.07) is 22.6. The zero-order valence-electron chi connectivity index (χ0n) is 13.2. The summed E-state index contributed by atoms with van der Waals surface area (Å²) in [5.41, 5.74) is 1.12. The molecular formula is C20H21NOS. The van der Waals surface area contributed by atoms with Crippen LogP contribution < -0.4 is 10.1 Å². The van der Waals surface area contributed by atoms with Crippen molar-refractivity contribution in [2.24, 2.45) is 0 Å². The van der Waals surface area contributed by atoms with Crippen LogP contribution >= 0.6 is 12.6 Å². The number of benzene rings is 3. The van der Waals surface area contributed by atoms with Gasteiger partial charge in [-0.3, -0.25) is 0 Å². The Hall–Kier alpha value is -1.97. The third-order valence-corrected chi connectivity index (χ3v) is 4.37. The molecule has 0 aliphatic carbocycles. The molecule has 118 valence electrons. The van der Waals surface area contributed by atoms with Gasteiger partial charge in [-0.25, -0.2) is 0 Å². The molecule has 3 aromatic carbocycles. The molecule has 0 aliphatic rings. The van der Waals surface area contributed by atoms with E-state index >= 15 is 0 Å². The predicted molar refractivity (Wildman–Crippen MR) is 99.6 cm³/mol. The fourth-order valence-electron chi connectivity index (χ4n) is 2.76. The number of ether oxygens (including phenoxy) is 1. The SMILES string of the molecule is CNCCC(Oc1cccc2ccccc12)c1ccccc1S. The summed E-state index contributed by atoms with van der Waals surface area (Å²) in [5, 5.41) is 5.54. The summed E-state index contributed by atoms with van der Waals surface area (Å²) < 4.78 is 6.41. The first kappa shape index (κ1) is 15.9. The molecule has 3 heteroatoms. The predicted octanol–water partition coefficient (Wildman–Crippen LogP) is 4.86. The maximum atomic E-state index is 6.41. The Morgan fingerprint density at radius 1 is 0.957 bits per heavy atom. The molecule has 0 saturated heterocycles. The summed E-state index contributed by atoms with van der Waals surface area (Å²) >= 11 is 4.60. The Morgan fingerprint density at radius 2 is 1.70 bits per heavy atom. The quantitative estimate of drug-likeness (QED) is 0.632. The highest BCUT2D eigenvalue weighted by Crippen LogP contribution is 2.33. The first-order chi connectivity index (χ1) is 11.3. The Kier molecular flexibility index (Phi) is 5.21. The van der Waals surface area contributed by atoms with Crippen LogP contribution in [0.3, 0.4) is 0 Å². The molecule has 3 rings (SSSR count). The van der Waals surface area contributed by atoms with Crippen molar-refractivity contribution in [2.45, 2.75) is 17.4 Å². The topological polar surface area (TPSA) is 21.3 Å². The third-order valence-electron chi connectivity index (χ3n) is 3.96. The van der Waals surface area contributed by atoms with E-state index in [9.17, 15) is 0 Å². The molecule has 0 fully saturated rings. The molecule has 0 radical (unpaired) electrons. The summed E-state index contributed by atoms with van der Waals surface area (Å²) in [4.78, 5) is 0.967. The van der Waals surface area contributed by atoms with E-state index in [0.717, 1.165) is 34.6 Å². The zero-order chi connectivity index (χ0) is 16.1. The van der Waals surface area contributed by atoms with Crippen molar-refractivity contribution in [3.05, 3.63) is 72.3 Å². The minimum Gasteiger partial charge on any atom is -0.485 e. The number of nitrogens with one attached hydrogen (secondary N) is 1. The highest BCUT2D eigenvalue weighted by Gasteiger charge is 2.16. The zero-order valence-corrected chi connectivity index (χ0v) is 14.1. The van der Waals surface area contributed by atoms with Crippen molar-refractivity contribution < 1.29 is 4.74 Å². The standard InChI is InChI=1S/C20H21NOS/c1-21-14-13-19(17-10-4-5-12-20(17)23)22-18-11-6-8-15-7-2-3-9-16(15)18/h2-12,19,21,23H,13-14H2,1H3. The molecule has 1 N–H and O–H groups in total. The molecule has 2 nitrogen and oxygen atoms in total. The molecule has 1 unspecified atom stereocenters. The normalized spacial score (nSPS) is 12.3. The van der Waals surface area contributed by atoms with Gasteiger partial charge in [-0.05, 0) is 31.1 Å². The van der Waals surface area contributed by atoms with Crippen molar-refractivity contribution in [3.63, 3.8) is 0 Å². The summed E-state index contributed by atoms with van der Waals surface area (Å²) in [7, 11) is 1.96. The van der Waals surface area contributed by atoms with Crippen LogP contribution in [-0.2, 0) is 0 Å². The smallest absolute Gasteiger partial charge is 0.128 e. The average molecular weight is 323 g/mol. The van der Waals surface area contributed by atoms with Gasteiger partial charge in [-0.1, -0.05) is 54.6 Å². The van der Waals surface area contributed by atoms with Crippen molar-refractivity contribution in [3.8, 4) is 5.75 Å². The lowest BCUT2D eigenvalue weighted by Crippen LogP contribution is -2.16. The first-order valence-electron chi connectivity index (χ1n) is 7.86. The second-order valence-electron chi connectivity index (χ2n) is 5.53. The van der Waals surface area contributed by atoms with E-state index in [2.05, 4.69) is 42.2 Å². The van der Waals surface area contributed by atoms with E-state index in [0.29, 0.717) is 0 Å². The van der Waals surface area contributed by atoms with Gasteiger partial charge in [-0.2, -0.15) is 0 Å². The van der Waals surface area contributed by atoms with E-state index in [1.54, 1.807) is 0 Å². The lowest BCUT2D eigenvalue weighted by Gasteiger charge is -2.22. The summed E-state index contributed by atoms with van der Waals surface area (Å²) in [5.74, 6) is 0.917. The van der Waals surface area contributed by atoms with Crippen molar-refractivity contribution in [1.82, 2.24) is 5.32 Å². The van der Waals surface area contributed by atoms with Crippen molar-refractivity contribution in [1.29, 1.82) is 0 Å². The number of hydrogen-bond donors (Lipinski definition) is 2. The van der Waals surface area contributed by atoms with Gasteiger partial charge < -0.3 is 10.1 Å². The molecule has 0 aliphatic heterocycles. The molecule has 0 heterocycles. The van der Waals surface area contributed by atoms with Crippen LogP contribution in [0.1, 0.15) is 18.1 Å². The Balaban J connectivity index is 1.96. The van der Waals surface area contributed by atoms with E-state index < -0.39 is 0 Å². The summed E-state index contributed by atoms with van der Waals surface area (Å²) in [6.45, 7) is 0.886. The van der Waals surface area contributed by atoms with Crippen LogP contribution in [0.25, 0.3) is 10.8 Å². The fourth-order valence-corrected chi connectivity index (χ4v) is 3.07. The molecule has 23 heavy (non-hydrogen) atoms. The average Bonchev–Trinajstić information content (AvgIpc) is 2.59. The van der Waals surface area contributed by atoms with Gasteiger partial charge in [-0.15, -0.1) is 12.6 Å². The number of rotatable bonds is 6. The lowest BCUT2D eigenvalue weighted by atomic mass is 10.1. The van der Waals surface area contributed by atoms with Crippen LogP contribution in [0.15, 0.2) is 71.6 Å². The Bertz CT molecular complexity index is 782. The number of thiol groups is 1. The second-order valence-corrected chi connectivity index (χ2v) is 6.02. The van der Waals surface area contributed by atoms with Gasteiger partial charge in [0.2, 0.25) is 0 Å². The molecule has 3 aromatic rings. The van der Waals surface area contributed by atoms with Crippen LogP contribution in [0.2, 0.25) is 0 Å². The van der Waals surface area contributed by atoms with Crippen LogP contribution in [0.5, 0.6) is 5.75 Å². The molecular weight excluding hydrogens is 302 g/mol. The van der Waals surface area contributed by atoms with Crippen LogP contribution in [0.4, 0.5) is 0 Å². The largest absolute Gasteiger partial charge is 0.485 e.